The monoisotopic (exact) mass is 300 g/mol. The van der Waals surface area contributed by atoms with Crippen molar-refractivity contribution < 1.29 is 9.90 Å². The predicted octanol–water partition coefficient (Wildman–Crippen LogP) is 1.12. The summed E-state index contributed by atoms with van der Waals surface area (Å²) >= 11 is 0. The van der Waals surface area contributed by atoms with E-state index in [2.05, 4.69) is 22.4 Å². The molecule has 1 aromatic carbocycles. The van der Waals surface area contributed by atoms with Crippen LogP contribution in [0.1, 0.15) is 28.9 Å². The first kappa shape index (κ1) is 14.7. The van der Waals surface area contributed by atoms with Gasteiger partial charge in [-0.3, -0.25) is 9.48 Å². The molecule has 0 bridgehead atoms. The lowest BCUT2D eigenvalue weighted by Crippen LogP contribution is -2.29. The number of carbonyl (C=O) groups excluding carboxylic acids is 1. The molecule has 0 aliphatic carbocycles. The summed E-state index contributed by atoms with van der Waals surface area (Å²) in [5.74, 6) is -0.147. The summed E-state index contributed by atoms with van der Waals surface area (Å²) < 4.78 is 1.71. The van der Waals surface area contributed by atoms with Crippen LogP contribution in [0, 0.1) is 0 Å². The smallest absolute Gasteiger partial charge is 0.276 e. The number of aromatic nitrogens is 3. The van der Waals surface area contributed by atoms with E-state index in [0.29, 0.717) is 25.2 Å². The first-order valence-electron chi connectivity index (χ1n) is 7.64. The van der Waals surface area contributed by atoms with Gasteiger partial charge in [0.25, 0.3) is 5.91 Å². The van der Waals surface area contributed by atoms with Crippen molar-refractivity contribution in [2.24, 2.45) is 0 Å². The van der Waals surface area contributed by atoms with Crippen LogP contribution >= 0.6 is 0 Å². The van der Waals surface area contributed by atoms with Crippen molar-refractivity contribution in [3.05, 3.63) is 47.8 Å². The number of aryl methyl sites for hydroxylation is 2. The van der Waals surface area contributed by atoms with Crippen molar-refractivity contribution in [3.8, 4) is 0 Å². The molecule has 1 aromatic heterocycles. The second-order valence-corrected chi connectivity index (χ2v) is 5.65. The highest BCUT2D eigenvalue weighted by Gasteiger charge is 2.26. The van der Waals surface area contributed by atoms with Crippen LogP contribution < -0.4 is 0 Å². The van der Waals surface area contributed by atoms with Crippen molar-refractivity contribution in [2.45, 2.75) is 31.9 Å². The Morgan fingerprint density at radius 3 is 2.86 bits per heavy atom. The van der Waals surface area contributed by atoms with Gasteiger partial charge in [0.15, 0.2) is 5.69 Å². The van der Waals surface area contributed by atoms with Crippen molar-refractivity contribution >= 4 is 5.91 Å². The summed E-state index contributed by atoms with van der Waals surface area (Å²) in [5.41, 5.74) is 1.65. The third-order valence-corrected chi connectivity index (χ3v) is 3.90. The molecular formula is C16H20N4O2. The molecule has 6 nitrogen and oxygen atoms in total. The standard InChI is InChI=1S/C16H20N4O2/c21-14-8-10-19(11-14)16(22)15-12-20(18-17-15)9-4-7-13-5-2-1-3-6-13/h1-3,5-6,12,14,21H,4,7-11H2/t14-/m1/s1. The van der Waals surface area contributed by atoms with E-state index in [-0.39, 0.29) is 5.91 Å². The zero-order chi connectivity index (χ0) is 15.4. The Hall–Kier alpha value is -2.21. The number of rotatable bonds is 5. The van der Waals surface area contributed by atoms with E-state index in [9.17, 15) is 9.90 Å². The fraction of sp³-hybridized carbons (Fsp3) is 0.438. The van der Waals surface area contributed by atoms with E-state index < -0.39 is 6.10 Å². The van der Waals surface area contributed by atoms with E-state index in [4.69, 9.17) is 0 Å². The molecule has 2 heterocycles. The van der Waals surface area contributed by atoms with Crippen LogP contribution in [-0.4, -0.2) is 50.1 Å². The average molecular weight is 300 g/mol. The number of benzene rings is 1. The van der Waals surface area contributed by atoms with Crippen LogP contribution in [0.15, 0.2) is 36.5 Å². The lowest BCUT2D eigenvalue weighted by atomic mass is 10.1. The largest absolute Gasteiger partial charge is 0.391 e. The maximum Gasteiger partial charge on any atom is 0.276 e. The molecule has 0 unspecified atom stereocenters. The van der Waals surface area contributed by atoms with Gasteiger partial charge in [0.1, 0.15) is 0 Å². The molecule has 3 rings (SSSR count). The van der Waals surface area contributed by atoms with Gasteiger partial charge in [-0.1, -0.05) is 35.5 Å². The number of β-amino-alcohol motifs (C(OH)–C–C–N with tert-alkyl or cyclic N) is 1. The van der Waals surface area contributed by atoms with Gasteiger partial charge >= 0.3 is 0 Å². The van der Waals surface area contributed by atoms with E-state index >= 15 is 0 Å². The topological polar surface area (TPSA) is 71.2 Å². The highest BCUT2D eigenvalue weighted by molar-refractivity contribution is 5.92. The summed E-state index contributed by atoms with van der Waals surface area (Å²) in [6.45, 7) is 1.71. The molecule has 0 saturated carbocycles. The highest BCUT2D eigenvalue weighted by Crippen LogP contribution is 2.12. The molecule has 1 fully saturated rings. The van der Waals surface area contributed by atoms with Gasteiger partial charge in [-0.25, -0.2) is 0 Å². The number of hydrogen-bond donors (Lipinski definition) is 1. The molecule has 2 aromatic rings. The first-order valence-corrected chi connectivity index (χ1v) is 7.64. The molecule has 1 atom stereocenters. The Bertz CT molecular complexity index is 626. The molecule has 1 N–H and O–H groups in total. The van der Waals surface area contributed by atoms with Crippen LogP contribution in [-0.2, 0) is 13.0 Å². The quantitative estimate of drug-likeness (QED) is 0.898. The zero-order valence-corrected chi connectivity index (χ0v) is 12.4. The second-order valence-electron chi connectivity index (χ2n) is 5.65. The minimum absolute atomic E-state index is 0.147. The Morgan fingerprint density at radius 1 is 1.32 bits per heavy atom. The van der Waals surface area contributed by atoms with Crippen LogP contribution in [0.3, 0.4) is 0 Å². The first-order chi connectivity index (χ1) is 10.7. The fourth-order valence-corrected chi connectivity index (χ4v) is 2.68. The predicted molar refractivity (Wildman–Crippen MR) is 81.3 cm³/mol. The average Bonchev–Trinajstić information content (AvgIpc) is 3.17. The van der Waals surface area contributed by atoms with E-state index in [0.717, 1.165) is 19.4 Å². The molecule has 0 spiro atoms. The van der Waals surface area contributed by atoms with Gasteiger partial charge in [-0.2, -0.15) is 0 Å². The Labute approximate surface area is 129 Å². The molecule has 0 radical (unpaired) electrons. The molecule has 6 heteroatoms. The third-order valence-electron chi connectivity index (χ3n) is 3.90. The number of hydrogen-bond acceptors (Lipinski definition) is 4. The number of likely N-dealkylation sites (tertiary alicyclic amines) is 1. The number of aliphatic hydroxyl groups is 1. The van der Waals surface area contributed by atoms with Gasteiger partial charge in [0.2, 0.25) is 0 Å². The van der Waals surface area contributed by atoms with E-state index in [1.165, 1.54) is 5.56 Å². The van der Waals surface area contributed by atoms with Gasteiger partial charge in [-0.15, -0.1) is 5.10 Å². The summed E-state index contributed by atoms with van der Waals surface area (Å²) in [4.78, 5) is 13.8. The summed E-state index contributed by atoms with van der Waals surface area (Å²) in [6.07, 6.45) is 3.84. The SMILES string of the molecule is O=C(c1cn(CCCc2ccccc2)nn1)N1CC[C@@H](O)C1. The minimum Gasteiger partial charge on any atom is -0.391 e. The summed E-state index contributed by atoms with van der Waals surface area (Å²) in [5, 5.41) is 17.5. The molecule has 116 valence electrons. The molecule has 22 heavy (non-hydrogen) atoms. The minimum atomic E-state index is -0.412. The molecule has 1 aliphatic rings. The summed E-state index contributed by atoms with van der Waals surface area (Å²) in [6, 6.07) is 10.3. The van der Waals surface area contributed by atoms with Crippen molar-refractivity contribution in [2.75, 3.05) is 13.1 Å². The van der Waals surface area contributed by atoms with Crippen molar-refractivity contribution in [3.63, 3.8) is 0 Å². The Kier molecular flexibility index (Phi) is 4.48. The second kappa shape index (κ2) is 6.70. The number of carbonyl (C=O) groups is 1. The van der Waals surface area contributed by atoms with Gasteiger partial charge in [0, 0.05) is 19.6 Å². The van der Waals surface area contributed by atoms with E-state index in [1.807, 2.05) is 18.2 Å². The number of nitrogens with zero attached hydrogens (tertiary/aromatic N) is 4. The van der Waals surface area contributed by atoms with Crippen LogP contribution in [0.2, 0.25) is 0 Å². The van der Waals surface area contributed by atoms with Crippen LogP contribution in [0.5, 0.6) is 0 Å². The zero-order valence-electron chi connectivity index (χ0n) is 12.4. The van der Waals surface area contributed by atoms with Crippen molar-refractivity contribution in [1.29, 1.82) is 0 Å². The summed E-state index contributed by atoms with van der Waals surface area (Å²) in [7, 11) is 0. The maximum atomic E-state index is 12.2. The van der Waals surface area contributed by atoms with Crippen molar-refractivity contribution in [1.82, 2.24) is 19.9 Å². The van der Waals surface area contributed by atoms with E-state index in [1.54, 1.807) is 15.8 Å². The van der Waals surface area contributed by atoms with Crippen LogP contribution in [0.4, 0.5) is 0 Å². The normalized spacial score (nSPS) is 17.9. The lowest BCUT2D eigenvalue weighted by molar-refractivity contribution is 0.0759. The molecule has 1 saturated heterocycles. The van der Waals surface area contributed by atoms with Crippen LogP contribution in [0.25, 0.3) is 0 Å². The molecule has 1 aliphatic heterocycles. The van der Waals surface area contributed by atoms with Gasteiger partial charge < -0.3 is 10.0 Å². The number of amides is 1. The fourth-order valence-electron chi connectivity index (χ4n) is 2.68. The molecular weight excluding hydrogens is 280 g/mol. The van der Waals surface area contributed by atoms with Gasteiger partial charge in [0.05, 0.1) is 12.3 Å². The van der Waals surface area contributed by atoms with Gasteiger partial charge in [-0.05, 0) is 24.8 Å². The highest BCUT2D eigenvalue weighted by atomic mass is 16.3. The third kappa shape index (κ3) is 3.51. The maximum absolute atomic E-state index is 12.2. The number of aliphatic hydroxyl groups excluding tert-OH is 1. The Morgan fingerprint density at radius 2 is 2.14 bits per heavy atom. The Balaban J connectivity index is 1.52. The molecule has 1 amide bonds. The lowest BCUT2D eigenvalue weighted by Gasteiger charge is -2.12.